The smallest absolute Gasteiger partial charge is 0.273 e. The summed E-state index contributed by atoms with van der Waals surface area (Å²) in [6.45, 7) is 5.29. The standard InChI is InChI=1S/C13H17NO5/c1-13(2,3)12(15)8-19-10-6-5-9(14(16)17)7-11(10)18-4/h5-7H,8H2,1-4H3. The van der Waals surface area contributed by atoms with Gasteiger partial charge in [0.2, 0.25) is 0 Å². The second-order valence-corrected chi connectivity index (χ2v) is 5.05. The fourth-order valence-electron chi connectivity index (χ4n) is 1.25. The Bertz CT molecular complexity index is 490. The van der Waals surface area contributed by atoms with E-state index in [0.717, 1.165) is 0 Å². The molecule has 1 aromatic carbocycles. The minimum atomic E-state index is -0.521. The van der Waals surface area contributed by atoms with E-state index in [0.29, 0.717) is 5.75 Å². The molecule has 0 saturated carbocycles. The second kappa shape index (κ2) is 5.69. The van der Waals surface area contributed by atoms with E-state index in [1.165, 1.54) is 25.3 Å². The van der Waals surface area contributed by atoms with E-state index in [1.807, 2.05) is 0 Å². The van der Waals surface area contributed by atoms with Gasteiger partial charge in [0.15, 0.2) is 17.3 Å². The highest BCUT2D eigenvalue weighted by Gasteiger charge is 2.22. The summed E-state index contributed by atoms with van der Waals surface area (Å²) in [5.74, 6) is 0.481. The van der Waals surface area contributed by atoms with E-state index < -0.39 is 10.3 Å². The third-order valence-electron chi connectivity index (χ3n) is 2.55. The Hall–Kier alpha value is -2.11. The molecule has 0 bridgehead atoms. The number of carbonyl (C=O) groups is 1. The predicted molar refractivity (Wildman–Crippen MR) is 69.6 cm³/mol. The van der Waals surface area contributed by atoms with Crippen LogP contribution >= 0.6 is 0 Å². The third-order valence-corrected chi connectivity index (χ3v) is 2.55. The molecular weight excluding hydrogens is 250 g/mol. The number of methoxy groups -OCH3 is 1. The monoisotopic (exact) mass is 267 g/mol. The van der Waals surface area contributed by atoms with Crippen molar-refractivity contribution in [3.63, 3.8) is 0 Å². The molecule has 0 aliphatic rings. The number of ether oxygens (including phenoxy) is 2. The minimum Gasteiger partial charge on any atom is -0.493 e. The van der Waals surface area contributed by atoms with Gasteiger partial charge in [-0.25, -0.2) is 0 Å². The highest BCUT2D eigenvalue weighted by atomic mass is 16.6. The van der Waals surface area contributed by atoms with Gasteiger partial charge in [-0.15, -0.1) is 0 Å². The average Bonchev–Trinajstić information content (AvgIpc) is 2.34. The Balaban J connectivity index is 2.85. The number of nitro groups is 1. The Kier molecular flexibility index (Phi) is 4.47. The van der Waals surface area contributed by atoms with Gasteiger partial charge in [-0.05, 0) is 6.07 Å². The van der Waals surface area contributed by atoms with Crippen molar-refractivity contribution in [2.45, 2.75) is 20.8 Å². The van der Waals surface area contributed by atoms with E-state index in [4.69, 9.17) is 9.47 Å². The molecule has 0 heterocycles. The molecule has 1 aromatic rings. The van der Waals surface area contributed by atoms with Crippen LogP contribution in [-0.2, 0) is 4.79 Å². The van der Waals surface area contributed by atoms with Gasteiger partial charge < -0.3 is 9.47 Å². The quantitative estimate of drug-likeness (QED) is 0.605. The van der Waals surface area contributed by atoms with Crippen molar-refractivity contribution in [1.29, 1.82) is 0 Å². The fourth-order valence-corrected chi connectivity index (χ4v) is 1.25. The Labute approximate surface area is 111 Å². The molecule has 19 heavy (non-hydrogen) atoms. The zero-order valence-electron chi connectivity index (χ0n) is 11.4. The third kappa shape index (κ3) is 3.94. The molecule has 0 fully saturated rings. The topological polar surface area (TPSA) is 78.7 Å². The van der Waals surface area contributed by atoms with Crippen LogP contribution in [0.2, 0.25) is 0 Å². The summed E-state index contributed by atoms with van der Waals surface area (Å²) in [7, 11) is 1.39. The summed E-state index contributed by atoms with van der Waals surface area (Å²) in [4.78, 5) is 21.9. The number of nitrogens with zero attached hydrogens (tertiary/aromatic N) is 1. The van der Waals surface area contributed by atoms with Crippen LogP contribution in [0.15, 0.2) is 18.2 Å². The highest BCUT2D eigenvalue weighted by molar-refractivity contribution is 5.85. The maximum absolute atomic E-state index is 11.7. The van der Waals surface area contributed by atoms with E-state index in [1.54, 1.807) is 20.8 Å². The lowest BCUT2D eigenvalue weighted by molar-refractivity contribution is -0.384. The van der Waals surface area contributed by atoms with Crippen molar-refractivity contribution in [3.05, 3.63) is 28.3 Å². The number of ketones is 1. The number of non-ortho nitro benzene ring substituents is 1. The number of Topliss-reactive ketones (excluding diaryl/α,β-unsaturated/α-hetero) is 1. The van der Waals surface area contributed by atoms with Crippen LogP contribution in [0.4, 0.5) is 5.69 Å². The Morgan fingerprint density at radius 3 is 2.42 bits per heavy atom. The van der Waals surface area contributed by atoms with Crippen molar-refractivity contribution in [2.75, 3.05) is 13.7 Å². The van der Waals surface area contributed by atoms with Gasteiger partial charge in [-0.1, -0.05) is 20.8 Å². The van der Waals surface area contributed by atoms with Crippen molar-refractivity contribution >= 4 is 11.5 Å². The summed E-state index contributed by atoms with van der Waals surface area (Å²) in [5.41, 5.74) is -0.583. The van der Waals surface area contributed by atoms with Crippen molar-refractivity contribution < 1.29 is 19.2 Å². The first-order valence-electron chi connectivity index (χ1n) is 5.74. The first-order chi connectivity index (χ1) is 8.75. The predicted octanol–water partition coefficient (Wildman–Crippen LogP) is 2.60. The number of nitro benzene ring substituents is 1. The molecule has 0 atom stereocenters. The molecule has 6 heteroatoms. The molecule has 0 radical (unpaired) electrons. The normalized spacial score (nSPS) is 10.9. The molecular formula is C13H17NO5. The number of hydrogen-bond donors (Lipinski definition) is 0. The Morgan fingerprint density at radius 1 is 1.32 bits per heavy atom. The summed E-state index contributed by atoms with van der Waals surface area (Å²) in [6.07, 6.45) is 0. The maximum Gasteiger partial charge on any atom is 0.273 e. The van der Waals surface area contributed by atoms with Gasteiger partial charge in [0.1, 0.15) is 6.61 Å². The van der Waals surface area contributed by atoms with Crippen LogP contribution < -0.4 is 9.47 Å². The molecule has 1 rings (SSSR count). The number of hydrogen-bond acceptors (Lipinski definition) is 5. The summed E-state index contributed by atoms with van der Waals surface area (Å²) < 4.78 is 10.4. The number of benzene rings is 1. The molecule has 6 nitrogen and oxygen atoms in total. The summed E-state index contributed by atoms with van der Waals surface area (Å²) in [5, 5.41) is 10.6. The molecule has 0 saturated heterocycles. The van der Waals surface area contributed by atoms with Gasteiger partial charge >= 0.3 is 0 Å². The van der Waals surface area contributed by atoms with Crippen LogP contribution in [0.25, 0.3) is 0 Å². The van der Waals surface area contributed by atoms with Crippen molar-refractivity contribution in [1.82, 2.24) is 0 Å². The van der Waals surface area contributed by atoms with Gasteiger partial charge in [0.05, 0.1) is 18.1 Å². The average molecular weight is 267 g/mol. The summed E-state index contributed by atoms with van der Waals surface area (Å²) in [6, 6.07) is 3.99. The molecule has 0 unspecified atom stereocenters. The molecule has 0 N–H and O–H groups in total. The highest BCUT2D eigenvalue weighted by Crippen LogP contribution is 2.31. The second-order valence-electron chi connectivity index (χ2n) is 5.05. The molecule has 0 aliphatic heterocycles. The lowest BCUT2D eigenvalue weighted by Crippen LogP contribution is -2.26. The van der Waals surface area contributed by atoms with Crippen molar-refractivity contribution in [3.8, 4) is 11.5 Å². The zero-order chi connectivity index (χ0) is 14.6. The van der Waals surface area contributed by atoms with Crippen LogP contribution in [0.5, 0.6) is 11.5 Å². The van der Waals surface area contributed by atoms with E-state index >= 15 is 0 Å². The van der Waals surface area contributed by atoms with E-state index in [-0.39, 0.29) is 23.8 Å². The first-order valence-corrected chi connectivity index (χ1v) is 5.74. The molecule has 0 aromatic heterocycles. The molecule has 0 aliphatic carbocycles. The fraction of sp³-hybridized carbons (Fsp3) is 0.462. The van der Waals surface area contributed by atoms with Gasteiger partial charge in [0.25, 0.3) is 5.69 Å². The van der Waals surface area contributed by atoms with Gasteiger partial charge in [-0.3, -0.25) is 14.9 Å². The molecule has 104 valence electrons. The lowest BCUT2D eigenvalue weighted by atomic mass is 9.91. The van der Waals surface area contributed by atoms with Crippen LogP contribution in [-0.4, -0.2) is 24.4 Å². The van der Waals surface area contributed by atoms with Crippen LogP contribution in [0.1, 0.15) is 20.8 Å². The molecule has 0 amide bonds. The summed E-state index contributed by atoms with van der Waals surface area (Å²) >= 11 is 0. The van der Waals surface area contributed by atoms with Gasteiger partial charge in [0, 0.05) is 11.5 Å². The maximum atomic E-state index is 11.7. The minimum absolute atomic E-state index is 0.0621. The zero-order valence-corrected chi connectivity index (χ0v) is 11.4. The molecule has 0 spiro atoms. The number of carbonyl (C=O) groups excluding carboxylic acids is 1. The van der Waals surface area contributed by atoms with E-state index in [2.05, 4.69) is 0 Å². The largest absolute Gasteiger partial charge is 0.493 e. The first kappa shape index (κ1) is 14.9. The Morgan fingerprint density at radius 2 is 1.95 bits per heavy atom. The van der Waals surface area contributed by atoms with E-state index in [9.17, 15) is 14.9 Å². The van der Waals surface area contributed by atoms with Crippen molar-refractivity contribution in [2.24, 2.45) is 5.41 Å². The SMILES string of the molecule is COc1cc([N+](=O)[O-])ccc1OCC(=O)C(C)(C)C. The number of rotatable bonds is 5. The lowest BCUT2D eigenvalue weighted by Gasteiger charge is -2.17. The van der Waals surface area contributed by atoms with Gasteiger partial charge in [-0.2, -0.15) is 0 Å². The van der Waals surface area contributed by atoms with Crippen LogP contribution in [0.3, 0.4) is 0 Å². The van der Waals surface area contributed by atoms with Crippen LogP contribution in [0, 0.1) is 15.5 Å².